The highest BCUT2D eigenvalue weighted by molar-refractivity contribution is 6.49. The Hall–Kier alpha value is 0.210. The van der Waals surface area contributed by atoms with E-state index in [1.54, 1.807) is 0 Å². The molecular formula is C7H10Cl3NO2. The SMILES string of the molecule is CCCCOC(Cl)(N=C=O)C(Cl)Cl. The monoisotopic (exact) mass is 245 g/mol. The predicted octanol–water partition coefficient (Wildman–Crippen LogP) is 2.84. The highest BCUT2D eigenvalue weighted by Crippen LogP contribution is 2.30. The maximum atomic E-state index is 9.98. The molecule has 3 nitrogen and oxygen atoms in total. The van der Waals surface area contributed by atoms with Gasteiger partial charge in [0.1, 0.15) is 0 Å². The summed E-state index contributed by atoms with van der Waals surface area (Å²) in [6, 6.07) is 0. The summed E-state index contributed by atoms with van der Waals surface area (Å²) in [6.45, 7) is 2.34. The van der Waals surface area contributed by atoms with E-state index in [9.17, 15) is 4.79 Å². The standard InChI is InChI=1S/C7H10Cl3NO2/c1-2-3-4-13-7(10,6(8)9)11-5-12/h6H,2-4H2,1H3. The number of alkyl halides is 3. The molecular weight excluding hydrogens is 236 g/mol. The minimum Gasteiger partial charge on any atom is -0.338 e. The summed E-state index contributed by atoms with van der Waals surface area (Å²) in [5.41, 5.74) is 0. The molecule has 76 valence electrons. The van der Waals surface area contributed by atoms with E-state index in [0.717, 1.165) is 12.8 Å². The number of hydrogen-bond donors (Lipinski definition) is 0. The van der Waals surface area contributed by atoms with Crippen LogP contribution in [-0.2, 0) is 9.53 Å². The van der Waals surface area contributed by atoms with Crippen LogP contribution in [0.2, 0.25) is 0 Å². The number of nitrogens with zero attached hydrogens (tertiary/aromatic N) is 1. The van der Waals surface area contributed by atoms with Gasteiger partial charge in [-0.1, -0.05) is 48.1 Å². The second kappa shape index (κ2) is 6.63. The van der Waals surface area contributed by atoms with Crippen LogP contribution in [0.3, 0.4) is 0 Å². The van der Waals surface area contributed by atoms with Crippen LogP contribution >= 0.6 is 34.8 Å². The summed E-state index contributed by atoms with van der Waals surface area (Å²) in [4.78, 5) is 12.1. The Kier molecular flexibility index (Phi) is 6.74. The smallest absolute Gasteiger partial charge is 0.278 e. The average molecular weight is 247 g/mol. The molecule has 0 radical (unpaired) electrons. The molecule has 0 aromatic heterocycles. The first-order valence-corrected chi connectivity index (χ1v) is 5.02. The number of carbonyl (C=O) groups excluding carboxylic acids is 1. The van der Waals surface area contributed by atoms with Crippen molar-refractivity contribution >= 4 is 40.9 Å². The third kappa shape index (κ3) is 4.84. The summed E-state index contributed by atoms with van der Waals surface area (Å²) in [5, 5.41) is -1.69. The quantitative estimate of drug-likeness (QED) is 0.238. The first-order valence-electron chi connectivity index (χ1n) is 3.77. The Balaban J connectivity index is 4.16. The van der Waals surface area contributed by atoms with Crippen molar-refractivity contribution < 1.29 is 9.53 Å². The molecule has 0 saturated heterocycles. The van der Waals surface area contributed by atoms with Crippen molar-refractivity contribution in [3.8, 4) is 0 Å². The fourth-order valence-electron chi connectivity index (χ4n) is 0.566. The summed E-state index contributed by atoms with van der Waals surface area (Å²) in [7, 11) is 0. The summed E-state index contributed by atoms with van der Waals surface area (Å²) in [5.74, 6) is 0. The zero-order valence-corrected chi connectivity index (χ0v) is 9.36. The topological polar surface area (TPSA) is 38.7 Å². The fraction of sp³-hybridized carbons (Fsp3) is 0.857. The Morgan fingerprint density at radius 2 is 2.23 bits per heavy atom. The van der Waals surface area contributed by atoms with Crippen molar-refractivity contribution in [2.24, 2.45) is 4.99 Å². The second-order valence-corrected chi connectivity index (χ2v) is 3.95. The number of hydrogen-bond acceptors (Lipinski definition) is 3. The lowest BCUT2D eigenvalue weighted by Crippen LogP contribution is -2.31. The van der Waals surface area contributed by atoms with Gasteiger partial charge in [-0.05, 0) is 6.42 Å². The van der Waals surface area contributed by atoms with E-state index < -0.39 is 10.0 Å². The van der Waals surface area contributed by atoms with Gasteiger partial charge in [-0.25, -0.2) is 4.79 Å². The molecule has 0 heterocycles. The summed E-state index contributed by atoms with van der Waals surface area (Å²) >= 11 is 16.7. The number of ether oxygens (including phenoxy) is 1. The van der Waals surface area contributed by atoms with Crippen LogP contribution < -0.4 is 0 Å². The molecule has 0 amide bonds. The molecule has 0 N–H and O–H groups in total. The highest BCUT2D eigenvalue weighted by Gasteiger charge is 2.35. The lowest BCUT2D eigenvalue weighted by atomic mass is 10.4. The molecule has 0 aromatic rings. The van der Waals surface area contributed by atoms with Crippen molar-refractivity contribution in [1.29, 1.82) is 0 Å². The molecule has 0 fully saturated rings. The van der Waals surface area contributed by atoms with Crippen molar-refractivity contribution in [1.82, 2.24) is 0 Å². The van der Waals surface area contributed by atoms with Gasteiger partial charge in [0.2, 0.25) is 6.08 Å². The van der Waals surface area contributed by atoms with E-state index in [1.165, 1.54) is 6.08 Å². The van der Waals surface area contributed by atoms with Crippen LogP contribution in [0.25, 0.3) is 0 Å². The number of isocyanates is 1. The van der Waals surface area contributed by atoms with Gasteiger partial charge >= 0.3 is 0 Å². The minimum atomic E-state index is -1.69. The van der Waals surface area contributed by atoms with E-state index in [1.807, 2.05) is 6.92 Å². The van der Waals surface area contributed by atoms with Gasteiger partial charge in [0, 0.05) is 0 Å². The van der Waals surface area contributed by atoms with Crippen LogP contribution in [0.4, 0.5) is 0 Å². The molecule has 0 aliphatic heterocycles. The Bertz CT molecular complexity index is 194. The summed E-state index contributed by atoms with van der Waals surface area (Å²) < 4.78 is 5.04. The van der Waals surface area contributed by atoms with Crippen molar-refractivity contribution in [3.63, 3.8) is 0 Å². The zero-order valence-electron chi connectivity index (χ0n) is 7.10. The normalized spacial score (nSPS) is 15.2. The van der Waals surface area contributed by atoms with Crippen LogP contribution in [0, 0.1) is 0 Å². The third-order valence-corrected chi connectivity index (χ3v) is 2.50. The van der Waals surface area contributed by atoms with Crippen LogP contribution in [0.5, 0.6) is 0 Å². The Labute approximate surface area is 92.0 Å². The first-order chi connectivity index (χ1) is 6.06. The van der Waals surface area contributed by atoms with Crippen molar-refractivity contribution in [2.75, 3.05) is 6.61 Å². The van der Waals surface area contributed by atoms with Gasteiger partial charge in [0.15, 0.2) is 4.84 Å². The highest BCUT2D eigenvalue weighted by atomic mass is 35.5. The maximum Gasteiger partial charge on any atom is 0.278 e. The van der Waals surface area contributed by atoms with Gasteiger partial charge in [-0.2, -0.15) is 4.99 Å². The Morgan fingerprint density at radius 3 is 2.62 bits per heavy atom. The number of unbranched alkanes of at least 4 members (excludes halogenated alkanes) is 1. The van der Waals surface area contributed by atoms with Crippen molar-refractivity contribution in [2.45, 2.75) is 29.8 Å². The van der Waals surface area contributed by atoms with Crippen LogP contribution in [0.1, 0.15) is 19.8 Å². The van der Waals surface area contributed by atoms with Crippen molar-refractivity contribution in [3.05, 3.63) is 0 Å². The zero-order chi connectivity index (χ0) is 10.3. The molecule has 0 aliphatic carbocycles. The van der Waals surface area contributed by atoms with Gasteiger partial charge in [0.25, 0.3) is 5.18 Å². The fourth-order valence-corrected chi connectivity index (χ4v) is 0.901. The van der Waals surface area contributed by atoms with Gasteiger partial charge in [0.05, 0.1) is 6.61 Å². The van der Waals surface area contributed by atoms with Gasteiger partial charge in [-0.3, -0.25) is 0 Å². The maximum absolute atomic E-state index is 9.98. The van der Waals surface area contributed by atoms with E-state index in [2.05, 4.69) is 4.99 Å². The molecule has 0 rings (SSSR count). The molecule has 6 heteroatoms. The van der Waals surface area contributed by atoms with E-state index in [0.29, 0.717) is 6.61 Å². The Morgan fingerprint density at radius 1 is 1.62 bits per heavy atom. The first kappa shape index (κ1) is 13.2. The molecule has 1 atom stereocenters. The molecule has 0 aliphatic rings. The number of aliphatic imine (C=N–C) groups is 1. The van der Waals surface area contributed by atoms with Crippen LogP contribution in [-0.4, -0.2) is 22.7 Å². The van der Waals surface area contributed by atoms with E-state index >= 15 is 0 Å². The second-order valence-electron chi connectivity index (χ2n) is 2.31. The summed E-state index contributed by atoms with van der Waals surface area (Å²) in [6.07, 6.45) is 3.00. The number of halogens is 3. The molecule has 13 heavy (non-hydrogen) atoms. The predicted molar refractivity (Wildman–Crippen MR) is 53.1 cm³/mol. The minimum absolute atomic E-state index is 0.348. The molecule has 1 unspecified atom stereocenters. The van der Waals surface area contributed by atoms with E-state index in [4.69, 9.17) is 39.5 Å². The van der Waals surface area contributed by atoms with Gasteiger partial charge in [-0.15, -0.1) is 0 Å². The lowest BCUT2D eigenvalue weighted by molar-refractivity contribution is 0.0336. The van der Waals surface area contributed by atoms with E-state index in [-0.39, 0.29) is 0 Å². The molecule has 0 spiro atoms. The molecule has 0 aromatic carbocycles. The molecule has 0 bridgehead atoms. The lowest BCUT2D eigenvalue weighted by Gasteiger charge is -2.21. The third-order valence-electron chi connectivity index (χ3n) is 1.27. The average Bonchev–Trinajstić information content (AvgIpc) is 2.05. The number of rotatable bonds is 6. The van der Waals surface area contributed by atoms with Crippen LogP contribution in [0.15, 0.2) is 4.99 Å². The van der Waals surface area contributed by atoms with Gasteiger partial charge < -0.3 is 4.74 Å². The molecule has 0 saturated carbocycles. The largest absolute Gasteiger partial charge is 0.338 e.